The largest absolute Gasteiger partial charge is 0.377 e. The molecule has 1 heterocycles. The fraction of sp³-hybridized carbons (Fsp3) is 0.679. The Morgan fingerprint density at radius 2 is 1.91 bits per heavy atom. The minimum Gasteiger partial charge on any atom is -0.377 e. The summed E-state index contributed by atoms with van der Waals surface area (Å²) in [5.41, 5.74) is 2.04. The van der Waals surface area contributed by atoms with Crippen LogP contribution in [0.15, 0.2) is 36.9 Å². The number of nitrogens with zero attached hydrogens (tertiary/aromatic N) is 2. The van der Waals surface area contributed by atoms with Crippen LogP contribution >= 0.6 is 0 Å². The van der Waals surface area contributed by atoms with Crippen molar-refractivity contribution >= 4 is 5.91 Å². The Morgan fingerprint density at radius 1 is 1.15 bits per heavy atom. The summed E-state index contributed by atoms with van der Waals surface area (Å²) in [7, 11) is 0. The van der Waals surface area contributed by atoms with E-state index in [0.29, 0.717) is 18.4 Å². The molecule has 5 heteroatoms. The highest BCUT2D eigenvalue weighted by molar-refractivity contribution is 5.94. The van der Waals surface area contributed by atoms with Crippen molar-refractivity contribution in [2.75, 3.05) is 45.9 Å². The average Bonchev–Trinajstić information content (AvgIpc) is 2.84. The van der Waals surface area contributed by atoms with Gasteiger partial charge in [0.2, 0.25) is 0 Å². The van der Waals surface area contributed by atoms with Crippen molar-refractivity contribution in [3.63, 3.8) is 0 Å². The maximum absolute atomic E-state index is 13.0. The third kappa shape index (κ3) is 8.24. The lowest BCUT2D eigenvalue weighted by Gasteiger charge is -2.39. The molecule has 1 N–H and O–H groups in total. The first kappa shape index (κ1) is 25.9. The van der Waals surface area contributed by atoms with Crippen LogP contribution in [0.1, 0.15) is 68.3 Å². The van der Waals surface area contributed by atoms with Crippen LogP contribution < -0.4 is 5.32 Å². The van der Waals surface area contributed by atoms with Crippen molar-refractivity contribution in [2.45, 2.75) is 65.0 Å². The SMILES string of the molecule is C=CCOCC1CCCN(C[C@@H]2CCCCC2NC(=O)c2ccc(CN(CC)CC)cc2)C1. The van der Waals surface area contributed by atoms with E-state index >= 15 is 0 Å². The second-order valence-electron chi connectivity index (χ2n) is 9.88. The summed E-state index contributed by atoms with van der Waals surface area (Å²) in [5.74, 6) is 1.23. The van der Waals surface area contributed by atoms with E-state index in [4.69, 9.17) is 4.74 Å². The Morgan fingerprint density at radius 3 is 2.64 bits per heavy atom. The van der Waals surface area contributed by atoms with Crippen LogP contribution in [0, 0.1) is 11.8 Å². The molecule has 33 heavy (non-hydrogen) atoms. The van der Waals surface area contributed by atoms with Crippen LogP contribution in [-0.4, -0.2) is 67.7 Å². The lowest BCUT2D eigenvalue weighted by molar-refractivity contribution is 0.0599. The van der Waals surface area contributed by atoms with Gasteiger partial charge in [-0.05, 0) is 74.8 Å². The average molecular weight is 456 g/mol. The molecule has 1 saturated carbocycles. The van der Waals surface area contributed by atoms with Gasteiger partial charge in [0, 0.05) is 31.2 Å². The summed E-state index contributed by atoms with van der Waals surface area (Å²) < 4.78 is 5.72. The predicted molar refractivity (Wildman–Crippen MR) is 136 cm³/mol. The zero-order valence-corrected chi connectivity index (χ0v) is 20.9. The molecule has 1 amide bonds. The van der Waals surface area contributed by atoms with Gasteiger partial charge in [0.25, 0.3) is 5.91 Å². The molecule has 2 unspecified atom stereocenters. The van der Waals surface area contributed by atoms with Crippen molar-refractivity contribution < 1.29 is 9.53 Å². The third-order valence-corrected chi connectivity index (χ3v) is 7.43. The van der Waals surface area contributed by atoms with Gasteiger partial charge in [-0.15, -0.1) is 6.58 Å². The van der Waals surface area contributed by atoms with Crippen LogP contribution in [0.3, 0.4) is 0 Å². The molecule has 0 spiro atoms. The molecule has 3 rings (SSSR count). The standard InChI is InChI=1S/C28H45N3O2/c1-4-18-33-22-24-10-9-17-31(20-24)21-26-11-7-8-12-27(26)29-28(32)25-15-13-23(14-16-25)19-30(5-2)6-3/h4,13-16,24,26-27H,1,5-12,17-22H2,2-3H3,(H,29,32)/t24?,26-,27?/m0/s1. The summed E-state index contributed by atoms with van der Waals surface area (Å²) in [6, 6.07) is 8.47. The van der Waals surface area contributed by atoms with Crippen LogP contribution in [-0.2, 0) is 11.3 Å². The van der Waals surface area contributed by atoms with E-state index in [0.717, 1.165) is 51.3 Å². The van der Waals surface area contributed by atoms with E-state index in [1.54, 1.807) is 0 Å². The normalized spacial score (nSPS) is 24.0. The molecule has 1 aliphatic carbocycles. The van der Waals surface area contributed by atoms with Crippen molar-refractivity contribution in [3.05, 3.63) is 48.0 Å². The number of carbonyl (C=O) groups is 1. The van der Waals surface area contributed by atoms with E-state index < -0.39 is 0 Å². The molecule has 0 bridgehead atoms. The Hall–Kier alpha value is -1.69. The van der Waals surface area contributed by atoms with Gasteiger partial charge in [0.1, 0.15) is 0 Å². The molecule has 0 radical (unpaired) electrons. The molecule has 0 aromatic heterocycles. The fourth-order valence-corrected chi connectivity index (χ4v) is 5.44. The molecule has 2 aliphatic rings. The van der Waals surface area contributed by atoms with Gasteiger partial charge in [-0.3, -0.25) is 9.69 Å². The Balaban J connectivity index is 1.52. The van der Waals surface area contributed by atoms with E-state index in [-0.39, 0.29) is 11.9 Å². The van der Waals surface area contributed by atoms with Crippen molar-refractivity contribution in [2.24, 2.45) is 11.8 Å². The zero-order valence-electron chi connectivity index (χ0n) is 20.9. The first-order valence-electron chi connectivity index (χ1n) is 13.2. The molecule has 3 atom stereocenters. The van der Waals surface area contributed by atoms with Gasteiger partial charge in [-0.25, -0.2) is 0 Å². The monoisotopic (exact) mass is 455 g/mol. The molecular weight excluding hydrogens is 410 g/mol. The third-order valence-electron chi connectivity index (χ3n) is 7.43. The number of amides is 1. The van der Waals surface area contributed by atoms with Crippen LogP contribution in [0.25, 0.3) is 0 Å². The van der Waals surface area contributed by atoms with Crippen LogP contribution in [0.4, 0.5) is 0 Å². The summed E-state index contributed by atoms with van der Waals surface area (Å²) in [5, 5.41) is 3.40. The number of rotatable bonds is 12. The number of piperidine rings is 1. The Labute approximate surface area is 201 Å². The highest BCUT2D eigenvalue weighted by Crippen LogP contribution is 2.27. The van der Waals surface area contributed by atoms with Crippen molar-refractivity contribution in [1.82, 2.24) is 15.1 Å². The molecule has 1 saturated heterocycles. The van der Waals surface area contributed by atoms with E-state index in [1.807, 2.05) is 18.2 Å². The van der Waals surface area contributed by atoms with Gasteiger partial charge < -0.3 is 15.0 Å². The van der Waals surface area contributed by atoms with E-state index in [2.05, 4.69) is 47.7 Å². The van der Waals surface area contributed by atoms with Gasteiger partial charge in [0.15, 0.2) is 0 Å². The lowest BCUT2D eigenvalue weighted by atomic mass is 9.83. The molecule has 2 fully saturated rings. The fourth-order valence-electron chi connectivity index (χ4n) is 5.44. The number of likely N-dealkylation sites (tertiary alicyclic amines) is 1. The highest BCUT2D eigenvalue weighted by Gasteiger charge is 2.30. The van der Waals surface area contributed by atoms with Gasteiger partial charge in [0.05, 0.1) is 13.2 Å². The molecule has 1 aromatic carbocycles. The Kier molecular flexibility index (Phi) is 10.9. The van der Waals surface area contributed by atoms with E-state index in [9.17, 15) is 4.79 Å². The van der Waals surface area contributed by atoms with E-state index in [1.165, 1.54) is 44.2 Å². The lowest BCUT2D eigenvalue weighted by Crippen LogP contribution is -2.48. The van der Waals surface area contributed by atoms with Crippen LogP contribution in [0.2, 0.25) is 0 Å². The predicted octanol–water partition coefficient (Wildman–Crippen LogP) is 4.73. The molecule has 184 valence electrons. The minimum absolute atomic E-state index is 0.0793. The number of hydrogen-bond donors (Lipinski definition) is 1. The summed E-state index contributed by atoms with van der Waals surface area (Å²) in [4.78, 5) is 18.0. The first-order chi connectivity index (χ1) is 16.1. The topological polar surface area (TPSA) is 44.8 Å². The zero-order chi connectivity index (χ0) is 23.5. The summed E-state index contributed by atoms with van der Waals surface area (Å²) >= 11 is 0. The molecule has 5 nitrogen and oxygen atoms in total. The molecular formula is C28H45N3O2. The quantitative estimate of drug-likeness (QED) is 0.366. The maximum Gasteiger partial charge on any atom is 0.251 e. The van der Waals surface area contributed by atoms with Gasteiger partial charge in [-0.2, -0.15) is 0 Å². The van der Waals surface area contributed by atoms with Crippen molar-refractivity contribution in [1.29, 1.82) is 0 Å². The second-order valence-corrected chi connectivity index (χ2v) is 9.88. The number of carbonyl (C=O) groups excluding carboxylic acids is 1. The number of hydrogen-bond acceptors (Lipinski definition) is 4. The molecule has 1 aromatic rings. The van der Waals surface area contributed by atoms with Gasteiger partial charge in [-0.1, -0.05) is 44.9 Å². The van der Waals surface area contributed by atoms with Crippen LogP contribution in [0.5, 0.6) is 0 Å². The van der Waals surface area contributed by atoms with Crippen molar-refractivity contribution in [3.8, 4) is 0 Å². The minimum atomic E-state index is 0.0793. The maximum atomic E-state index is 13.0. The molecule has 1 aliphatic heterocycles. The second kappa shape index (κ2) is 13.9. The highest BCUT2D eigenvalue weighted by atomic mass is 16.5. The first-order valence-corrected chi connectivity index (χ1v) is 13.2. The Bertz CT molecular complexity index is 716. The number of benzene rings is 1. The summed E-state index contributed by atoms with van der Waals surface area (Å²) in [6.45, 7) is 16.0. The smallest absolute Gasteiger partial charge is 0.251 e. The number of ether oxygens (including phenoxy) is 1. The summed E-state index contributed by atoms with van der Waals surface area (Å²) in [6.07, 6.45) is 9.11. The number of nitrogens with one attached hydrogen (secondary N) is 1. The van der Waals surface area contributed by atoms with Gasteiger partial charge >= 0.3 is 0 Å².